The van der Waals surface area contributed by atoms with Crippen LogP contribution in [0.25, 0.3) is 16.7 Å². The molecule has 0 saturated heterocycles. The molecule has 4 aromatic rings. The van der Waals surface area contributed by atoms with Crippen LogP contribution in [0.5, 0.6) is 0 Å². The number of hydrogen-bond donors (Lipinski definition) is 2. The van der Waals surface area contributed by atoms with E-state index >= 15 is 0 Å². The number of benzene rings is 2. The van der Waals surface area contributed by atoms with E-state index in [1.54, 1.807) is 59.2 Å². The number of anilines is 2. The van der Waals surface area contributed by atoms with Gasteiger partial charge in [-0.15, -0.1) is 11.3 Å². The molecular weight excluding hydrogens is 443 g/mol. The fourth-order valence-corrected chi connectivity index (χ4v) is 4.12. The second kappa shape index (κ2) is 9.17. The molecule has 2 N–H and O–H groups in total. The van der Waals surface area contributed by atoms with Crippen LogP contribution < -0.4 is 10.6 Å². The van der Waals surface area contributed by atoms with Crippen molar-refractivity contribution in [1.82, 2.24) is 9.55 Å². The number of hydrogen-bond acceptors (Lipinski definition) is 5. The van der Waals surface area contributed by atoms with Crippen LogP contribution in [0.1, 0.15) is 38.0 Å². The molecule has 7 nitrogen and oxygen atoms in total. The maximum absolute atomic E-state index is 13.6. The van der Waals surface area contributed by atoms with Crippen LogP contribution in [0.3, 0.4) is 0 Å². The van der Waals surface area contributed by atoms with E-state index in [-0.39, 0.29) is 11.9 Å². The van der Waals surface area contributed by atoms with E-state index in [4.69, 9.17) is 0 Å². The summed E-state index contributed by atoms with van der Waals surface area (Å²) in [4.78, 5) is 41.1. The molecule has 2 heterocycles. The fraction of sp³-hybridized carbons (Fsp3) is 0.0833. The summed E-state index contributed by atoms with van der Waals surface area (Å²) in [5.74, 6) is -0.578. The van der Waals surface area contributed by atoms with Gasteiger partial charge in [0.2, 0.25) is 11.9 Å². The van der Waals surface area contributed by atoms with Crippen LogP contribution in [-0.4, -0.2) is 27.7 Å². The number of rotatable bonds is 7. The number of amides is 2. The lowest BCUT2D eigenvalue weighted by Gasteiger charge is -2.12. The van der Waals surface area contributed by atoms with Crippen LogP contribution in [-0.2, 0) is 4.79 Å². The number of carbonyl (C=O) groups excluding carboxylic acids is 3. The Hall–Kier alpha value is -4.11. The number of nitrogens with one attached hydrogen (secondary N) is 2. The van der Waals surface area contributed by atoms with Gasteiger partial charge in [-0.05, 0) is 61.5 Å². The Bertz CT molecular complexity index is 1390. The Morgan fingerprint density at radius 1 is 1.15 bits per heavy atom. The zero-order valence-corrected chi connectivity index (χ0v) is 18.4. The van der Waals surface area contributed by atoms with Crippen LogP contribution in [0.15, 0.2) is 67.3 Å². The molecule has 9 heteroatoms. The number of imidazole rings is 1. The molecule has 4 rings (SSSR count). The highest BCUT2D eigenvalue weighted by Crippen LogP contribution is 2.29. The number of nitrogens with zero attached hydrogens (tertiary/aromatic N) is 2. The third-order valence-electron chi connectivity index (χ3n) is 4.84. The normalized spacial score (nSPS) is 11.7. The van der Waals surface area contributed by atoms with Gasteiger partial charge in [0.25, 0.3) is 5.91 Å². The third kappa shape index (κ3) is 4.58. The summed E-state index contributed by atoms with van der Waals surface area (Å²) in [5, 5.41) is 5.49. The van der Waals surface area contributed by atoms with Gasteiger partial charge >= 0.3 is 0 Å². The average molecular weight is 463 g/mol. The number of aromatic nitrogens is 2. The Kier molecular flexibility index (Phi) is 6.14. The molecule has 2 aromatic carbocycles. The Morgan fingerprint density at radius 2 is 1.97 bits per heavy atom. The molecule has 0 fully saturated rings. The second-order valence-corrected chi connectivity index (χ2v) is 8.27. The smallest absolute Gasteiger partial charge is 0.268 e. The number of alkyl halides is 1. The second-order valence-electron chi connectivity index (χ2n) is 7.15. The van der Waals surface area contributed by atoms with Crippen LogP contribution in [0.4, 0.5) is 16.0 Å². The highest BCUT2D eigenvalue weighted by molar-refractivity contribution is 7.14. The van der Waals surface area contributed by atoms with E-state index in [0.717, 1.165) is 11.3 Å². The maximum Gasteiger partial charge on any atom is 0.268 e. The molecule has 1 unspecified atom stereocenters. The molecule has 0 aliphatic heterocycles. The molecule has 2 aromatic heterocycles. The van der Waals surface area contributed by atoms with E-state index in [1.807, 2.05) is 0 Å². The van der Waals surface area contributed by atoms with Crippen LogP contribution >= 0.6 is 11.3 Å². The number of fused-ring (bicyclic) bond motifs is 1. The SMILES string of the molecule is C=CC(=O)Nc1cccc(-n2c(NC(=O)c3ccc(C(C)F)s3)nc3cc(C=O)ccc32)c1. The lowest BCUT2D eigenvalue weighted by molar-refractivity contribution is -0.111. The zero-order chi connectivity index (χ0) is 23.5. The standard InChI is InChI=1S/C24H19FN4O3S/c1-3-22(31)26-16-5-4-6-17(12-16)29-19-8-7-15(13-30)11-18(19)27-24(29)28-23(32)21-10-9-20(33-21)14(2)25/h3-14H,1H2,2H3,(H,26,31)(H,27,28,32). The average Bonchev–Trinajstić information content (AvgIpc) is 3.43. The van der Waals surface area contributed by atoms with Crippen molar-refractivity contribution in [2.75, 3.05) is 10.6 Å². The van der Waals surface area contributed by atoms with Gasteiger partial charge in [-0.2, -0.15) is 0 Å². The lowest BCUT2D eigenvalue weighted by Crippen LogP contribution is -2.14. The summed E-state index contributed by atoms with van der Waals surface area (Å²) < 4.78 is 15.3. The lowest BCUT2D eigenvalue weighted by atomic mass is 10.2. The summed E-state index contributed by atoms with van der Waals surface area (Å²) in [5.41, 5.74) is 2.74. The predicted octanol–water partition coefficient (Wildman–Crippen LogP) is 5.31. The number of aldehydes is 1. The Labute approximate surface area is 192 Å². The molecule has 0 aliphatic rings. The van der Waals surface area contributed by atoms with Crippen LogP contribution in [0, 0.1) is 0 Å². The van der Waals surface area contributed by atoms with Crippen molar-refractivity contribution >= 4 is 52.1 Å². The number of carbonyl (C=O) groups is 3. The summed E-state index contributed by atoms with van der Waals surface area (Å²) >= 11 is 1.07. The minimum Gasteiger partial charge on any atom is -0.322 e. The predicted molar refractivity (Wildman–Crippen MR) is 127 cm³/mol. The minimum absolute atomic E-state index is 0.216. The number of thiophene rings is 1. The van der Waals surface area contributed by atoms with Gasteiger partial charge in [-0.25, -0.2) is 9.37 Å². The highest BCUT2D eigenvalue weighted by atomic mass is 32.1. The van der Waals surface area contributed by atoms with Gasteiger partial charge < -0.3 is 5.32 Å². The van der Waals surface area contributed by atoms with E-state index in [1.165, 1.54) is 13.0 Å². The van der Waals surface area contributed by atoms with Crippen molar-refractivity contribution in [3.8, 4) is 5.69 Å². The van der Waals surface area contributed by atoms with Gasteiger partial charge in [-0.3, -0.25) is 24.3 Å². The Morgan fingerprint density at radius 3 is 2.67 bits per heavy atom. The first-order chi connectivity index (χ1) is 15.9. The molecule has 166 valence electrons. The molecule has 0 aliphatic carbocycles. The van der Waals surface area contributed by atoms with Crippen molar-refractivity contribution in [2.45, 2.75) is 13.1 Å². The monoisotopic (exact) mass is 462 g/mol. The Balaban J connectivity index is 1.79. The summed E-state index contributed by atoms with van der Waals surface area (Å²) in [6.45, 7) is 4.86. The molecule has 2 amide bonds. The first kappa shape index (κ1) is 22.1. The maximum atomic E-state index is 13.6. The summed E-state index contributed by atoms with van der Waals surface area (Å²) in [6.07, 6.45) is 0.712. The van der Waals surface area contributed by atoms with Crippen LogP contribution in [0.2, 0.25) is 0 Å². The van der Waals surface area contributed by atoms with Crippen molar-refractivity contribution in [2.24, 2.45) is 0 Å². The summed E-state index contributed by atoms with van der Waals surface area (Å²) in [7, 11) is 0. The third-order valence-corrected chi connectivity index (χ3v) is 6.08. The van der Waals surface area contributed by atoms with Gasteiger partial charge in [0.05, 0.1) is 21.6 Å². The molecule has 33 heavy (non-hydrogen) atoms. The first-order valence-corrected chi connectivity index (χ1v) is 10.8. The first-order valence-electron chi connectivity index (χ1n) is 9.96. The van der Waals surface area contributed by atoms with Gasteiger partial charge in [0.1, 0.15) is 12.5 Å². The molecule has 0 bridgehead atoms. The molecule has 0 spiro atoms. The van der Waals surface area contributed by atoms with Gasteiger partial charge in [0, 0.05) is 16.1 Å². The molecule has 0 radical (unpaired) electrons. The van der Waals surface area contributed by atoms with E-state index < -0.39 is 12.1 Å². The van der Waals surface area contributed by atoms with E-state index in [9.17, 15) is 18.8 Å². The van der Waals surface area contributed by atoms with Crippen molar-refractivity contribution in [1.29, 1.82) is 0 Å². The zero-order valence-electron chi connectivity index (χ0n) is 17.5. The summed E-state index contributed by atoms with van der Waals surface area (Å²) in [6, 6.07) is 15.1. The highest BCUT2D eigenvalue weighted by Gasteiger charge is 2.19. The minimum atomic E-state index is -1.17. The van der Waals surface area contributed by atoms with Gasteiger partial charge in [-0.1, -0.05) is 12.6 Å². The van der Waals surface area contributed by atoms with E-state index in [2.05, 4.69) is 22.2 Å². The molecule has 1 atom stereocenters. The van der Waals surface area contributed by atoms with Crippen molar-refractivity contribution < 1.29 is 18.8 Å². The largest absolute Gasteiger partial charge is 0.322 e. The topological polar surface area (TPSA) is 93.1 Å². The quantitative estimate of drug-likeness (QED) is 0.288. The van der Waals surface area contributed by atoms with Crippen molar-refractivity contribution in [3.63, 3.8) is 0 Å². The number of halogens is 1. The fourth-order valence-electron chi connectivity index (χ4n) is 3.28. The molecular formula is C24H19FN4O3S. The van der Waals surface area contributed by atoms with Gasteiger partial charge in [0.15, 0.2) is 0 Å². The van der Waals surface area contributed by atoms with Crippen molar-refractivity contribution in [3.05, 3.63) is 82.6 Å². The van der Waals surface area contributed by atoms with E-state index in [0.29, 0.717) is 44.0 Å². The molecule has 0 saturated carbocycles.